The molecule has 31 heavy (non-hydrogen) atoms. The number of nitrogens with zero attached hydrogens (tertiary/aromatic N) is 4. The monoisotopic (exact) mass is 452 g/mol. The summed E-state index contributed by atoms with van der Waals surface area (Å²) < 4.78 is 0. The summed E-state index contributed by atoms with van der Waals surface area (Å²) in [7, 11) is 0. The SMILES string of the molecule is N#CC(=C1NC(c2ccc(Cl)cc2)=CS1)c1ccnc(NCCCN2CCCC2=O)n1. The lowest BCUT2D eigenvalue weighted by atomic mass is 10.1. The summed E-state index contributed by atoms with van der Waals surface area (Å²) in [6.07, 6.45) is 4.06. The van der Waals surface area contributed by atoms with Crippen LogP contribution >= 0.6 is 23.4 Å². The first-order valence-electron chi connectivity index (χ1n) is 10.0. The van der Waals surface area contributed by atoms with E-state index < -0.39 is 0 Å². The zero-order valence-electron chi connectivity index (χ0n) is 16.8. The Kier molecular flexibility index (Phi) is 6.75. The lowest BCUT2D eigenvalue weighted by Gasteiger charge is -2.15. The summed E-state index contributed by atoms with van der Waals surface area (Å²) >= 11 is 7.42. The van der Waals surface area contributed by atoms with Crippen LogP contribution in [0.15, 0.2) is 47.0 Å². The van der Waals surface area contributed by atoms with E-state index in [4.69, 9.17) is 11.6 Å². The number of aromatic nitrogens is 2. The Bertz CT molecular complexity index is 1080. The number of rotatable bonds is 7. The van der Waals surface area contributed by atoms with Gasteiger partial charge in [0.25, 0.3) is 0 Å². The number of thioether (sulfide) groups is 1. The second kappa shape index (κ2) is 9.86. The highest BCUT2D eigenvalue weighted by atomic mass is 35.5. The molecule has 158 valence electrons. The van der Waals surface area contributed by atoms with Gasteiger partial charge in [-0.25, -0.2) is 9.97 Å². The second-order valence-corrected chi connectivity index (χ2v) is 8.44. The molecule has 1 saturated heterocycles. The number of anilines is 1. The minimum Gasteiger partial charge on any atom is -0.354 e. The highest BCUT2D eigenvalue weighted by Crippen LogP contribution is 2.34. The van der Waals surface area contributed by atoms with E-state index in [1.807, 2.05) is 34.6 Å². The van der Waals surface area contributed by atoms with E-state index >= 15 is 0 Å². The van der Waals surface area contributed by atoms with Crippen molar-refractivity contribution in [3.63, 3.8) is 0 Å². The van der Waals surface area contributed by atoms with Gasteiger partial charge in [-0.05, 0) is 36.6 Å². The van der Waals surface area contributed by atoms with Gasteiger partial charge in [-0.15, -0.1) is 0 Å². The quantitative estimate of drug-likeness (QED) is 0.482. The van der Waals surface area contributed by atoms with Gasteiger partial charge in [0, 0.05) is 42.7 Å². The molecule has 0 bridgehead atoms. The van der Waals surface area contributed by atoms with Crippen molar-refractivity contribution in [1.29, 1.82) is 5.26 Å². The fraction of sp³-hybridized carbons (Fsp3) is 0.273. The fourth-order valence-electron chi connectivity index (χ4n) is 3.41. The molecular weight excluding hydrogens is 432 g/mol. The Morgan fingerprint density at radius 1 is 1.32 bits per heavy atom. The van der Waals surface area contributed by atoms with Crippen LogP contribution in [0.3, 0.4) is 0 Å². The maximum Gasteiger partial charge on any atom is 0.223 e. The van der Waals surface area contributed by atoms with Crippen molar-refractivity contribution < 1.29 is 4.79 Å². The second-order valence-electron chi connectivity index (χ2n) is 7.13. The molecule has 0 unspecified atom stereocenters. The summed E-state index contributed by atoms with van der Waals surface area (Å²) in [5.74, 6) is 0.698. The van der Waals surface area contributed by atoms with Gasteiger partial charge in [-0.1, -0.05) is 35.5 Å². The standard InChI is InChI=1S/C22H21ClN6OS/c23-16-6-4-15(5-7-16)19-14-31-21(27-19)17(13-24)18-8-10-26-22(28-18)25-9-2-12-29-11-1-3-20(29)30/h4-8,10,14,27H,1-3,9,11-12H2,(H,25,26,28). The van der Waals surface area contributed by atoms with Crippen molar-refractivity contribution in [3.05, 3.63) is 63.2 Å². The van der Waals surface area contributed by atoms with Gasteiger partial charge < -0.3 is 15.5 Å². The molecule has 2 aromatic rings. The number of halogens is 1. The first-order chi connectivity index (χ1) is 15.1. The first kappa shape index (κ1) is 21.2. The third-order valence-electron chi connectivity index (χ3n) is 5.01. The topological polar surface area (TPSA) is 93.9 Å². The number of carbonyl (C=O) groups is 1. The highest BCUT2D eigenvalue weighted by Gasteiger charge is 2.20. The average Bonchev–Trinajstić information content (AvgIpc) is 3.42. The predicted molar refractivity (Wildman–Crippen MR) is 124 cm³/mol. The number of nitriles is 1. The fourth-order valence-corrected chi connectivity index (χ4v) is 4.40. The van der Waals surface area contributed by atoms with Crippen LogP contribution < -0.4 is 10.6 Å². The highest BCUT2D eigenvalue weighted by molar-refractivity contribution is 8.06. The van der Waals surface area contributed by atoms with Gasteiger partial charge in [-0.2, -0.15) is 5.26 Å². The lowest BCUT2D eigenvalue weighted by Crippen LogP contribution is -2.27. The van der Waals surface area contributed by atoms with Crippen molar-refractivity contribution >= 4 is 46.5 Å². The molecule has 2 aliphatic heterocycles. The van der Waals surface area contributed by atoms with Crippen LogP contribution in [-0.4, -0.2) is 40.4 Å². The number of hydrogen-bond donors (Lipinski definition) is 2. The molecule has 2 aliphatic rings. The van der Waals surface area contributed by atoms with Crippen LogP contribution in [0.4, 0.5) is 5.95 Å². The molecule has 0 aliphatic carbocycles. The van der Waals surface area contributed by atoms with Crippen molar-refractivity contribution in [3.8, 4) is 6.07 Å². The van der Waals surface area contributed by atoms with Crippen LogP contribution in [0.5, 0.6) is 0 Å². The third kappa shape index (κ3) is 5.19. The van der Waals surface area contributed by atoms with E-state index in [0.29, 0.717) is 35.2 Å². The average molecular weight is 453 g/mol. The molecule has 0 radical (unpaired) electrons. The summed E-state index contributed by atoms with van der Waals surface area (Å²) in [6, 6.07) is 11.5. The smallest absolute Gasteiger partial charge is 0.223 e. The van der Waals surface area contributed by atoms with Crippen molar-refractivity contribution in [2.75, 3.05) is 25.0 Å². The number of nitrogens with one attached hydrogen (secondary N) is 2. The minimum absolute atomic E-state index is 0.233. The van der Waals surface area contributed by atoms with E-state index in [9.17, 15) is 10.1 Å². The Balaban J connectivity index is 1.39. The molecule has 1 amide bonds. The third-order valence-corrected chi connectivity index (χ3v) is 6.16. The van der Waals surface area contributed by atoms with Crippen molar-refractivity contribution in [1.82, 2.24) is 20.2 Å². The number of allylic oxidation sites excluding steroid dienone is 1. The van der Waals surface area contributed by atoms with E-state index in [1.165, 1.54) is 11.8 Å². The number of hydrogen-bond acceptors (Lipinski definition) is 7. The van der Waals surface area contributed by atoms with Gasteiger partial charge >= 0.3 is 0 Å². The molecule has 1 aromatic heterocycles. The van der Waals surface area contributed by atoms with Gasteiger partial charge in [0.2, 0.25) is 11.9 Å². The molecule has 0 atom stereocenters. The minimum atomic E-state index is 0.233. The van der Waals surface area contributed by atoms with E-state index in [-0.39, 0.29) is 5.91 Å². The van der Waals surface area contributed by atoms with Crippen LogP contribution in [-0.2, 0) is 4.79 Å². The van der Waals surface area contributed by atoms with Gasteiger partial charge in [0.15, 0.2) is 0 Å². The maximum atomic E-state index is 11.7. The van der Waals surface area contributed by atoms with Gasteiger partial charge in [-0.3, -0.25) is 4.79 Å². The van der Waals surface area contributed by atoms with Crippen LogP contribution in [0.1, 0.15) is 30.5 Å². The Morgan fingerprint density at radius 2 is 2.16 bits per heavy atom. The lowest BCUT2D eigenvalue weighted by molar-refractivity contribution is -0.127. The van der Waals surface area contributed by atoms with Crippen LogP contribution in [0.2, 0.25) is 5.02 Å². The molecule has 0 saturated carbocycles. The van der Waals surface area contributed by atoms with E-state index in [2.05, 4.69) is 26.7 Å². The van der Waals surface area contributed by atoms with Crippen molar-refractivity contribution in [2.24, 2.45) is 0 Å². The molecule has 2 N–H and O–H groups in total. The van der Waals surface area contributed by atoms with E-state index in [0.717, 1.165) is 42.2 Å². The molecule has 1 fully saturated rings. The molecule has 9 heteroatoms. The first-order valence-corrected chi connectivity index (χ1v) is 11.3. The molecule has 3 heterocycles. The molecule has 0 spiro atoms. The van der Waals surface area contributed by atoms with Crippen LogP contribution in [0, 0.1) is 11.3 Å². The Morgan fingerprint density at radius 3 is 2.90 bits per heavy atom. The zero-order chi connectivity index (χ0) is 21.6. The predicted octanol–water partition coefficient (Wildman–Crippen LogP) is 4.08. The number of likely N-dealkylation sites (tertiary alicyclic amines) is 1. The molecular formula is C22H21ClN6OS. The maximum absolute atomic E-state index is 11.7. The van der Waals surface area contributed by atoms with Gasteiger partial charge in [0.05, 0.1) is 16.4 Å². The molecule has 4 rings (SSSR count). The Hall–Kier alpha value is -3.02. The molecule has 1 aromatic carbocycles. The largest absolute Gasteiger partial charge is 0.354 e. The number of amides is 1. The molecule has 7 nitrogen and oxygen atoms in total. The number of carbonyl (C=O) groups excluding carboxylic acids is 1. The summed E-state index contributed by atoms with van der Waals surface area (Å²) in [5.41, 5.74) is 2.91. The Labute approximate surface area is 190 Å². The normalized spacial score (nSPS) is 17.2. The van der Waals surface area contributed by atoms with Gasteiger partial charge in [0.1, 0.15) is 11.6 Å². The zero-order valence-corrected chi connectivity index (χ0v) is 18.3. The summed E-state index contributed by atoms with van der Waals surface area (Å²) in [4.78, 5) is 22.3. The van der Waals surface area contributed by atoms with Crippen LogP contribution in [0.25, 0.3) is 11.3 Å². The summed E-state index contributed by atoms with van der Waals surface area (Å²) in [6.45, 7) is 2.24. The number of benzene rings is 1. The van der Waals surface area contributed by atoms with E-state index in [1.54, 1.807) is 12.3 Å². The van der Waals surface area contributed by atoms with Crippen molar-refractivity contribution in [2.45, 2.75) is 19.3 Å². The summed E-state index contributed by atoms with van der Waals surface area (Å²) in [5, 5.41) is 19.6.